The normalized spacial score (nSPS) is 21.3. The summed E-state index contributed by atoms with van der Waals surface area (Å²) < 4.78 is 5.60. The number of aromatic amines is 1. The largest absolute Gasteiger partial charge is 0.480 e. The van der Waals surface area contributed by atoms with E-state index < -0.39 is 11.9 Å². The molecule has 296 valence electrons. The Morgan fingerprint density at radius 3 is 2.33 bits per heavy atom. The molecule has 9 rings (SSSR count). The summed E-state index contributed by atoms with van der Waals surface area (Å²) in [5.74, 6) is 1.28. The van der Waals surface area contributed by atoms with Crippen LogP contribution < -0.4 is 24.8 Å². The number of hydrogen-bond acceptors (Lipinski definition) is 10. The average Bonchev–Trinajstić information content (AvgIpc) is 3.83. The van der Waals surface area contributed by atoms with E-state index in [0.717, 1.165) is 99.7 Å². The molecule has 0 radical (unpaired) electrons. The summed E-state index contributed by atoms with van der Waals surface area (Å²) >= 11 is 6.46. The quantitative estimate of drug-likeness (QED) is 0.227. The summed E-state index contributed by atoms with van der Waals surface area (Å²) in [6.07, 6.45) is 6.81. The number of ether oxygens (including phenoxy) is 1. The van der Waals surface area contributed by atoms with Crippen LogP contribution in [0.5, 0.6) is 5.88 Å². The summed E-state index contributed by atoms with van der Waals surface area (Å²) in [4.78, 5) is 57.0. The number of H-pyrrole nitrogens is 1. The Labute approximate surface area is 337 Å². The maximum atomic E-state index is 13.4. The van der Waals surface area contributed by atoms with Gasteiger partial charge in [0.1, 0.15) is 23.5 Å². The fourth-order valence-corrected chi connectivity index (χ4v) is 9.96. The van der Waals surface area contributed by atoms with Crippen molar-refractivity contribution in [3.8, 4) is 11.9 Å². The standard InChI is InChI=1S/C43H48ClN9O4/c1-57-42-39-30(26-53(43(39)56)35-8-9-37(54)48-41(35)55)22-36(47-42)52-20-18-49(19-21-52)25-27-10-14-50(15-11-27)32-4-2-28(3-5-32)29-12-16-51(17-13-29)34-7-6-33(44)38-31(23-45)24-46-40(34)38/h2-7,22,24,27,29,35,46H,8-21,25-26H2,1H3,(H,48,54,55). The lowest BCUT2D eigenvalue weighted by atomic mass is 9.89. The predicted molar refractivity (Wildman–Crippen MR) is 219 cm³/mol. The first-order valence-corrected chi connectivity index (χ1v) is 20.6. The van der Waals surface area contributed by atoms with Crippen molar-refractivity contribution in [2.75, 3.05) is 80.7 Å². The van der Waals surface area contributed by atoms with Crippen LogP contribution in [-0.2, 0) is 16.1 Å². The summed E-state index contributed by atoms with van der Waals surface area (Å²) in [6.45, 7) is 9.02. The minimum atomic E-state index is -0.673. The Hall–Kier alpha value is -5.32. The first-order chi connectivity index (χ1) is 27.8. The molecule has 0 spiro atoms. The number of carbonyl (C=O) groups excluding carboxylic acids is 3. The molecule has 5 aliphatic rings. The van der Waals surface area contributed by atoms with E-state index in [0.29, 0.717) is 41.0 Å². The van der Waals surface area contributed by atoms with Gasteiger partial charge in [0.25, 0.3) is 5.91 Å². The van der Waals surface area contributed by atoms with Crippen LogP contribution in [0.4, 0.5) is 17.2 Å². The number of pyridine rings is 1. The number of imide groups is 1. The van der Waals surface area contributed by atoms with Gasteiger partial charge in [-0.3, -0.25) is 24.6 Å². The fourth-order valence-electron chi connectivity index (χ4n) is 9.70. The summed E-state index contributed by atoms with van der Waals surface area (Å²) in [5, 5.41) is 13.3. The van der Waals surface area contributed by atoms with Crippen molar-refractivity contribution in [1.29, 1.82) is 5.26 Å². The van der Waals surface area contributed by atoms with Crippen LogP contribution in [0.25, 0.3) is 10.9 Å². The van der Waals surface area contributed by atoms with Gasteiger partial charge in [-0.05, 0) is 85.4 Å². The lowest BCUT2D eigenvalue weighted by molar-refractivity contribution is -0.136. The number of piperazine rings is 1. The van der Waals surface area contributed by atoms with Crippen molar-refractivity contribution < 1.29 is 19.1 Å². The maximum Gasteiger partial charge on any atom is 0.260 e. The number of methoxy groups -OCH3 is 1. The van der Waals surface area contributed by atoms with Crippen LogP contribution in [0.1, 0.15) is 71.5 Å². The molecule has 13 nitrogen and oxygen atoms in total. The number of aromatic nitrogens is 2. The van der Waals surface area contributed by atoms with Gasteiger partial charge in [-0.25, -0.2) is 0 Å². The molecule has 2 N–H and O–H groups in total. The van der Waals surface area contributed by atoms with Gasteiger partial charge in [-0.1, -0.05) is 23.7 Å². The van der Waals surface area contributed by atoms with Crippen molar-refractivity contribution >= 4 is 57.4 Å². The number of nitrogens with zero attached hydrogens (tertiary/aromatic N) is 7. The van der Waals surface area contributed by atoms with E-state index in [1.54, 1.807) is 11.1 Å². The molecule has 57 heavy (non-hydrogen) atoms. The topological polar surface area (TPSA) is 141 Å². The monoisotopic (exact) mass is 789 g/mol. The van der Waals surface area contributed by atoms with Gasteiger partial charge in [0.15, 0.2) is 0 Å². The van der Waals surface area contributed by atoms with E-state index in [9.17, 15) is 19.6 Å². The number of rotatable bonds is 8. The van der Waals surface area contributed by atoms with E-state index in [4.69, 9.17) is 21.3 Å². The van der Waals surface area contributed by atoms with E-state index in [1.807, 2.05) is 12.1 Å². The molecular weight excluding hydrogens is 742 g/mol. The molecule has 2 aromatic heterocycles. The third-order valence-electron chi connectivity index (χ3n) is 12.9. The SMILES string of the molecule is COc1nc(N2CCN(CC3CCN(c4ccc(C5CCN(c6ccc(Cl)c7c(C#N)c[nH]c67)CC5)cc4)CC3)CC2)cc2c1C(=O)N(C1CCC(=O)NC1=O)C2. The van der Waals surface area contributed by atoms with E-state index in [-0.39, 0.29) is 24.1 Å². The molecule has 0 bridgehead atoms. The minimum Gasteiger partial charge on any atom is -0.480 e. The van der Waals surface area contributed by atoms with Crippen molar-refractivity contribution in [3.05, 3.63) is 75.9 Å². The second-order valence-electron chi connectivity index (χ2n) is 16.1. The number of hydrogen-bond donors (Lipinski definition) is 2. The van der Waals surface area contributed by atoms with E-state index in [1.165, 1.54) is 31.2 Å². The Morgan fingerprint density at radius 1 is 0.895 bits per heavy atom. The molecule has 4 aromatic rings. The van der Waals surface area contributed by atoms with Gasteiger partial charge in [0.2, 0.25) is 17.7 Å². The molecule has 3 amide bonds. The average molecular weight is 790 g/mol. The fraction of sp³-hybridized carbons (Fsp3) is 0.465. The molecule has 0 saturated carbocycles. The number of piperidine rings is 3. The van der Waals surface area contributed by atoms with Crippen LogP contribution in [0.15, 0.2) is 48.7 Å². The van der Waals surface area contributed by atoms with Gasteiger partial charge in [-0.15, -0.1) is 0 Å². The molecule has 0 aliphatic carbocycles. The lowest BCUT2D eigenvalue weighted by Crippen LogP contribution is -2.52. The first-order valence-electron chi connectivity index (χ1n) is 20.3. The van der Waals surface area contributed by atoms with E-state index >= 15 is 0 Å². The van der Waals surface area contributed by atoms with Crippen molar-refractivity contribution in [2.45, 2.75) is 57.0 Å². The van der Waals surface area contributed by atoms with Crippen LogP contribution >= 0.6 is 11.6 Å². The molecule has 5 aliphatic heterocycles. The first kappa shape index (κ1) is 37.3. The van der Waals surface area contributed by atoms with Gasteiger partial charge in [-0.2, -0.15) is 10.2 Å². The summed E-state index contributed by atoms with van der Waals surface area (Å²) in [5.41, 5.74) is 6.59. The molecule has 1 atom stereocenters. The van der Waals surface area contributed by atoms with Crippen LogP contribution in [0.2, 0.25) is 5.02 Å². The van der Waals surface area contributed by atoms with Gasteiger partial charge in [0, 0.05) is 89.1 Å². The molecular formula is C43H48ClN9O4. The van der Waals surface area contributed by atoms with Gasteiger partial charge >= 0.3 is 0 Å². The van der Waals surface area contributed by atoms with Crippen molar-refractivity contribution in [2.24, 2.45) is 5.92 Å². The molecule has 7 heterocycles. The van der Waals surface area contributed by atoms with Gasteiger partial charge in [0.05, 0.1) is 28.9 Å². The third kappa shape index (κ3) is 7.14. The number of nitriles is 1. The zero-order valence-electron chi connectivity index (χ0n) is 32.3. The van der Waals surface area contributed by atoms with Crippen LogP contribution in [-0.4, -0.2) is 110 Å². The number of carbonyl (C=O) groups is 3. The predicted octanol–water partition coefficient (Wildman–Crippen LogP) is 5.28. The number of anilines is 3. The molecule has 1 unspecified atom stereocenters. The van der Waals surface area contributed by atoms with Crippen molar-refractivity contribution in [1.82, 2.24) is 25.1 Å². The maximum absolute atomic E-state index is 13.4. The highest BCUT2D eigenvalue weighted by atomic mass is 35.5. The van der Waals surface area contributed by atoms with Crippen molar-refractivity contribution in [3.63, 3.8) is 0 Å². The Kier molecular flexibility index (Phi) is 10.2. The Bertz CT molecular complexity index is 2230. The number of halogens is 1. The molecule has 14 heteroatoms. The molecule has 2 aromatic carbocycles. The zero-order valence-corrected chi connectivity index (χ0v) is 33.1. The Morgan fingerprint density at radius 2 is 1.63 bits per heavy atom. The summed E-state index contributed by atoms with van der Waals surface area (Å²) in [7, 11) is 1.52. The molecule has 4 saturated heterocycles. The second-order valence-corrected chi connectivity index (χ2v) is 16.5. The highest BCUT2D eigenvalue weighted by Crippen LogP contribution is 2.39. The summed E-state index contributed by atoms with van der Waals surface area (Å²) in [6, 6.07) is 16.8. The number of fused-ring (bicyclic) bond motifs is 2. The number of amides is 3. The second kappa shape index (κ2) is 15.6. The van der Waals surface area contributed by atoms with Gasteiger partial charge < -0.3 is 29.3 Å². The molecule has 4 fully saturated rings. The zero-order chi connectivity index (χ0) is 39.2. The minimum absolute atomic E-state index is 0.217. The van der Waals surface area contributed by atoms with Crippen LogP contribution in [0.3, 0.4) is 0 Å². The van der Waals surface area contributed by atoms with Crippen LogP contribution in [0, 0.1) is 17.2 Å². The number of benzene rings is 2. The number of nitrogens with one attached hydrogen (secondary N) is 2. The Balaban J connectivity index is 0.740. The smallest absolute Gasteiger partial charge is 0.260 e. The third-order valence-corrected chi connectivity index (χ3v) is 13.2. The lowest BCUT2D eigenvalue weighted by Gasteiger charge is -2.40. The van der Waals surface area contributed by atoms with E-state index in [2.05, 4.69) is 66.3 Å². The highest BCUT2D eigenvalue weighted by Gasteiger charge is 2.41. The highest BCUT2D eigenvalue weighted by molar-refractivity contribution is 6.36.